The van der Waals surface area contributed by atoms with Crippen LogP contribution in [0.4, 0.5) is 5.88 Å². The van der Waals surface area contributed by atoms with Gasteiger partial charge in [0.2, 0.25) is 5.88 Å². The first-order valence-electron chi connectivity index (χ1n) is 6.94. The summed E-state index contributed by atoms with van der Waals surface area (Å²) in [5.41, 5.74) is 1.55. The van der Waals surface area contributed by atoms with Gasteiger partial charge in [-0.25, -0.2) is 4.98 Å². The van der Waals surface area contributed by atoms with Crippen molar-refractivity contribution in [1.29, 1.82) is 0 Å². The van der Waals surface area contributed by atoms with Crippen molar-refractivity contribution in [2.45, 2.75) is 26.2 Å². The van der Waals surface area contributed by atoms with E-state index >= 15 is 0 Å². The Bertz CT molecular complexity index is 820. The monoisotopic (exact) mass is 329 g/mol. The molecule has 0 fully saturated rings. The van der Waals surface area contributed by atoms with Gasteiger partial charge >= 0.3 is 0 Å². The predicted molar refractivity (Wildman–Crippen MR) is 86.3 cm³/mol. The molecule has 1 amide bonds. The van der Waals surface area contributed by atoms with Crippen LogP contribution in [0.3, 0.4) is 0 Å². The lowest BCUT2D eigenvalue weighted by Crippen LogP contribution is -2.12. The van der Waals surface area contributed by atoms with Gasteiger partial charge in [0.05, 0.1) is 11.9 Å². The summed E-state index contributed by atoms with van der Waals surface area (Å²) in [6.45, 7) is 6.05. The molecule has 0 aromatic carbocycles. The van der Waals surface area contributed by atoms with E-state index in [9.17, 15) is 4.79 Å². The number of carbonyl (C=O) groups excluding carboxylic acids is 1. The molecule has 3 aromatic rings. The molecule has 0 saturated heterocycles. The Kier molecular flexibility index (Phi) is 3.91. The normalized spacial score (nSPS) is 11.4. The van der Waals surface area contributed by atoms with Crippen molar-refractivity contribution in [3.8, 4) is 10.7 Å². The van der Waals surface area contributed by atoms with E-state index < -0.39 is 0 Å². The van der Waals surface area contributed by atoms with E-state index in [2.05, 4.69) is 25.4 Å². The summed E-state index contributed by atoms with van der Waals surface area (Å²) in [5, 5.41) is 8.92. The SMILES string of the molecule is CC(C)(C)c1cc(NC(=O)c2csc(-c3cnccn3)n2)on1. The quantitative estimate of drug-likeness (QED) is 0.793. The minimum absolute atomic E-state index is 0.147. The Hall–Kier alpha value is -2.61. The minimum Gasteiger partial charge on any atom is -0.338 e. The summed E-state index contributed by atoms with van der Waals surface area (Å²) in [4.78, 5) is 24.7. The average molecular weight is 329 g/mol. The van der Waals surface area contributed by atoms with Gasteiger partial charge in [-0.3, -0.25) is 20.1 Å². The van der Waals surface area contributed by atoms with Gasteiger partial charge < -0.3 is 4.52 Å². The van der Waals surface area contributed by atoms with E-state index in [0.29, 0.717) is 22.3 Å². The Morgan fingerprint density at radius 3 is 2.78 bits per heavy atom. The van der Waals surface area contributed by atoms with Gasteiger partial charge in [0.25, 0.3) is 5.91 Å². The molecule has 0 aliphatic rings. The van der Waals surface area contributed by atoms with Crippen molar-refractivity contribution in [1.82, 2.24) is 20.1 Å². The zero-order valence-electron chi connectivity index (χ0n) is 12.9. The molecular formula is C15H15N5O2S. The summed E-state index contributed by atoms with van der Waals surface area (Å²) in [7, 11) is 0. The Labute approximate surface area is 136 Å². The number of hydrogen-bond donors (Lipinski definition) is 1. The number of anilines is 1. The Morgan fingerprint density at radius 2 is 2.13 bits per heavy atom. The summed E-state index contributed by atoms with van der Waals surface area (Å²) in [6.07, 6.45) is 4.77. The zero-order chi connectivity index (χ0) is 16.4. The number of carbonyl (C=O) groups is 1. The summed E-state index contributed by atoms with van der Waals surface area (Å²) in [5.74, 6) is -0.0537. The zero-order valence-corrected chi connectivity index (χ0v) is 13.7. The summed E-state index contributed by atoms with van der Waals surface area (Å²) < 4.78 is 5.15. The third-order valence-electron chi connectivity index (χ3n) is 3.03. The molecule has 0 radical (unpaired) electrons. The molecule has 7 nitrogen and oxygen atoms in total. The molecule has 0 saturated carbocycles. The lowest BCUT2D eigenvalue weighted by Gasteiger charge is -2.12. The molecule has 0 atom stereocenters. The minimum atomic E-state index is -0.354. The van der Waals surface area contributed by atoms with Crippen LogP contribution in [0.5, 0.6) is 0 Å². The van der Waals surface area contributed by atoms with Crippen LogP contribution >= 0.6 is 11.3 Å². The fourth-order valence-corrected chi connectivity index (χ4v) is 2.53. The van der Waals surface area contributed by atoms with Crippen LogP contribution in [0, 0.1) is 0 Å². The first-order chi connectivity index (χ1) is 10.9. The van der Waals surface area contributed by atoms with Gasteiger partial charge in [-0.1, -0.05) is 25.9 Å². The smallest absolute Gasteiger partial charge is 0.277 e. The topological polar surface area (TPSA) is 93.8 Å². The van der Waals surface area contributed by atoms with Gasteiger partial charge in [0, 0.05) is 29.3 Å². The number of aromatic nitrogens is 4. The Balaban J connectivity index is 1.74. The molecule has 118 valence electrons. The van der Waals surface area contributed by atoms with Crippen LogP contribution in [0.2, 0.25) is 0 Å². The highest BCUT2D eigenvalue weighted by Crippen LogP contribution is 2.25. The van der Waals surface area contributed by atoms with Crippen molar-refractivity contribution in [3.63, 3.8) is 0 Å². The van der Waals surface area contributed by atoms with Crippen molar-refractivity contribution in [3.05, 3.63) is 41.4 Å². The molecule has 0 aliphatic carbocycles. The standard InChI is InChI=1S/C15H15N5O2S/c1-15(2,3)11-6-12(22-20-11)19-13(21)10-8-23-14(18-10)9-7-16-4-5-17-9/h4-8H,1-3H3,(H,19,21). The van der Waals surface area contributed by atoms with Crippen LogP contribution in [0.25, 0.3) is 10.7 Å². The van der Waals surface area contributed by atoms with E-state index in [1.54, 1.807) is 30.0 Å². The molecule has 3 aromatic heterocycles. The van der Waals surface area contributed by atoms with Crippen molar-refractivity contribution >= 4 is 23.1 Å². The molecule has 8 heteroatoms. The molecule has 3 rings (SSSR count). The largest absolute Gasteiger partial charge is 0.338 e. The second kappa shape index (κ2) is 5.88. The molecule has 3 heterocycles. The van der Waals surface area contributed by atoms with E-state index in [1.165, 1.54) is 11.3 Å². The first kappa shape index (κ1) is 15.3. The van der Waals surface area contributed by atoms with Crippen molar-refractivity contribution in [2.75, 3.05) is 5.32 Å². The van der Waals surface area contributed by atoms with Gasteiger partial charge in [0.15, 0.2) is 0 Å². The molecule has 0 bridgehead atoms. The van der Waals surface area contributed by atoms with Gasteiger partial charge in [-0.05, 0) is 0 Å². The molecule has 0 unspecified atom stereocenters. The molecule has 0 spiro atoms. The maximum absolute atomic E-state index is 12.2. The van der Waals surface area contributed by atoms with Crippen LogP contribution in [0.15, 0.2) is 34.6 Å². The third-order valence-corrected chi connectivity index (χ3v) is 3.90. The number of nitrogens with one attached hydrogen (secondary N) is 1. The maximum atomic E-state index is 12.2. The summed E-state index contributed by atoms with van der Waals surface area (Å²) in [6, 6.07) is 1.72. The van der Waals surface area contributed by atoms with Gasteiger partial charge in [-0.15, -0.1) is 11.3 Å². The lowest BCUT2D eigenvalue weighted by atomic mass is 9.92. The number of thiazole rings is 1. The second-order valence-corrected chi connectivity index (χ2v) is 6.77. The van der Waals surface area contributed by atoms with Crippen LogP contribution in [0.1, 0.15) is 37.0 Å². The maximum Gasteiger partial charge on any atom is 0.277 e. The molecule has 23 heavy (non-hydrogen) atoms. The van der Waals surface area contributed by atoms with Crippen LogP contribution in [-0.4, -0.2) is 26.0 Å². The number of nitrogens with zero attached hydrogens (tertiary/aromatic N) is 4. The number of rotatable bonds is 3. The molecule has 0 aliphatic heterocycles. The third kappa shape index (κ3) is 3.42. The fraction of sp³-hybridized carbons (Fsp3) is 0.267. The van der Waals surface area contributed by atoms with Crippen molar-refractivity contribution in [2.24, 2.45) is 0 Å². The summed E-state index contributed by atoms with van der Waals surface area (Å²) >= 11 is 1.33. The van der Waals surface area contributed by atoms with Gasteiger partial charge in [0.1, 0.15) is 16.4 Å². The van der Waals surface area contributed by atoms with Crippen LogP contribution < -0.4 is 5.32 Å². The van der Waals surface area contributed by atoms with E-state index in [0.717, 1.165) is 5.69 Å². The number of hydrogen-bond acceptors (Lipinski definition) is 7. The highest BCUT2D eigenvalue weighted by Gasteiger charge is 2.20. The van der Waals surface area contributed by atoms with E-state index in [4.69, 9.17) is 4.52 Å². The van der Waals surface area contributed by atoms with Crippen molar-refractivity contribution < 1.29 is 9.32 Å². The average Bonchev–Trinajstić information content (AvgIpc) is 3.16. The highest BCUT2D eigenvalue weighted by atomic mass is 32.1. The van der Waals surface area contributed by atoms with Crippen LogP contribution in [-0.2, 0) is 5.41 Å². The molecule has 1 N–H and O–H groups in total. The van der Waals surface area contributed by atoms with E-state index in [-0.39, 0.29) is 11.3 Å². The second-order valence-electron chi connectivity index (χ2n) is 5.91. The first-order valence-corrected chi connectivity index (χ1v) is 7.82. The highest BCUT2D eigenvalue weighted by molar-refractivity contribution is 7.13. The predicted octanol–water partition coefficient (Wildman–Crippen LogP) is 3.14. The van der Waals surface area contributed by atoms with E-state index in [1.807, 2.05) is 20.8 Å². The molecular weight excluding hydrogens is 314 g/mol. The van der Waals surface area contributed by atoms with Gasteiger partial charge in [-0.2, -0.15) is 0 Å². The number of amides is 1. The Morgan fingerprint density at radius 1 is 1.30 bits per heavy atom. The fourth-order valence-electron chi connectivity index (χ4n) is 1.77. The lowest BCUT2D eigenvalue weighted by molar-refractivity contribution is 0.102.